The van der Waals surface area contributed by atoms with Gasteiger partial charge in [0.2, 0.25) is 0 Å². The first-order valence-electron chi connectivity index (χ1n) is 8.09. The molecule has 0 spiro atoms. The largest absolute Gasteiger partial charge is 0.351 e. The summed E-state index contributed by atoms with van der Waals surface area (Å²) in [7, 11) is 0. The molecule has 0 saturated carbocycles. The first-order valence-corrected chi connectivity index (χ1v) is 8.09. The van der Waals surface area contributed by atoms with Crippen LogP contribution in [0.4, 0.5) is 5.69 Å². The quantitative estimate of drug-likeness (QED) is 0.778. The zero-order chi connectivity index (χ0) is 16.1. The lowest BCUT2D eigenvalue weighted by atomic mass is 10.2. The van der Waals surface area contributed by atoms with Crippen LogP contribution in [0.25, 0.3) is 0 Å². The van der Waals surface area contributed by atoms with Crippen molar-refractivity contribution in [2.24, 2.45) is 0 Å². The third-order valence-corrected chi connectivity index (χ3v) is 4.35. The number of para-hydroxylation sites is 1. The van der Waals surface area contributed by atoms with Gasteiger partial charge in [-0.3, -0.25) is 9.59 Å². The minimum Gasteiger partial charge on any atom is -0.351 e. The summed E-state index contributed by atoms with van der Waals surface area (Å²) < 4.78 is 0. The summed E-state index contributed by atoms with van der Waals surface area (Å²) in [6.45, 7) is 8.28. The molecule has 5 heteroatoms. The predicted octanol–water partition coefficient (Wildman–Crippen LogP) is 0.00510. The molecule has 2 amide bonds. The van der Waals surface area contributed by atoms with E-state index in [9.17, 15) is 9.59 Å². The summed E-state index contributed by atoms with van der Waals surface area (Å²) in [4.78, 5) is 27.5. The molecule has 1 aliphatic rings. The van der Waals surface area contributed by atoms with Gasteiger partial charge in [-0.05, 0) is 38.8 Å². The van der Waals surface area contributed by atoms with Crippen molar-refractivity contribution < 1.29 is 14.5 Å². The number of hydrogen-bond donors (Lipinski definition) is 2. The van der Waals surface area contributed by atoms with E-state index in [0.29, 0.717) is 13.1 Å². The van der Waals surface area contributed by atoms with Crippen LogP contribution in [-0.2, 0) is 16.0 Å². The lowest BCUT2D eigenvalue weighted by Gasteiger charge is -2.27. The highest BCUT2D eigenvalue weighted by molar-refractivity contribution is 5.98. The maximum absolute atomic E-state index is 12.8. The Kier molecular flexibility index (Phi) is 5.55. The van der Waals surface area contributed by atoms with E-state index in [2.05, 4.69) is 11.4 Å². The van der Waals surface area contributed by atoms with Gasteiger partial charge in [0.25, 0.3) is 11.8 Å². The Hall–Kier alpha value is -1.88. The van der Waals surface area contributed by atoms with E-state index < -0.39 is 0 Å². The van der Waals surface area contributed by atoms with Crippen molar-refractivity contribution in [3.05, 3.63) is 29.8 Å². The third kappa shape index (κ3) is 3.47. The summed E-state index contributed by atoms with van der Waals surface area (Å²) in [6.07, 6.45) is 0.909. The van der Waals surface area contributed by atoms with Crippen LogP contribution in [-0.4, -0.2) is 44.0 Å². The number of likely N-dealkylation sites (N-methyl/N-ethyl adjacent to an activating group) is 2. The van der Waals surface area contributed by atoms with Crippen molar-refractivity contribution in [1.29, 1.82) is 0 Å². The predicted molar refractivity (Wildman–Crippen MR) is 87.0 cm³/mol. The molecule has 2 rings (SSSR count). The van der Waals surface area contributed by atoms with Crippen LogP contribution in [0.1, 0.15) is 26.3 Å². The number of nitrogens with zero attached hydrogens (tertiary/aromatic N) is 1. The molecule has 0 aliphatic carbocycles. The number of anilines is 1. The van der Waals surface area contributed by atoms with Gasteiger partial charge in [0.05, 0.1) is 6.54 Å². The molecule has 1 unspecified atom stereocenters. The number of carbonyl (C=O) groups excluding carboxylic acids is 2. The Bertz CT molecular complexity index is 544. The van der Waals surface area contributed by atoms with Crippen molar-refractivity contribution in [3.63, 3.8) is 0 Å². The van der Waals surface area contributed by atoms with E-state index in [1.54, 1.807) is 0 Å². The highest BCUT2D eigenvalue weighted by Crippen LogP contribution is 2.27. The molecular weight excluding hydrogens is 278 g/mol. The van der Waals surface area contributed by atoms with Gasteiger partial charge in [-0.25, -0.2) is 0 Å². The van der Waals surface area contributed by atoms with Gasteiger partial charge >= 0.3 is 0 Å². The second kappa shape index (κ2) is 7.40. The van der Waals surface area contributed by atoms with Crippen molar-refractivity contribution in [2.45, 2.75) is 33.2 Å². The molecule has 22 heavy (non-hydrogen) atoms. The zero-order valence-corrected chi connectivity index (χ0v) is 13.7. The highest BCUT2D eigenvalue weighted by Gasteiger charge is 2.33. The third-order valence-electron chi connectivity index (χ3n) is 4.35. The molecule has 0 radical (unpaired) electrons. The number of amides is 2. The molecule has 0 aromatic heterocycles. The second-order valence-electron chi connectivity index (χ2n) is 5.73. The van der Waals surface area contributed by atoms with E-state index in [4.69, 9.17) is 0 Å². The fraction of sp³-hybridized carbons (Fsp3) is 0.529. The summed E-state index contributed by atoms with van der Waals surface area (Å²) in [5, 5.41) is 2.80. The SMILES string of the molecule is CCNC(=O)C[NH+](CC)[C@H](C)C(=O)N1CCc2ccccc21. The fourth-order valence-corrected chi connectivity index (χ4v) is 3.03. The fourth-order valence-electron chi connectivity index (χ4n) is 3.03. The number of nitrogens with one attached hydrogen (secondary N) is 2. The van der Waals surface area contributed by atoms with Gasteiger partial charge in [0, 0.05) is 18.8 Å². The first-order chi connectivity index (χ1) is 10.6. The second-order valence-corrected chi connectivity index (χ2v) is 5.73. The van der Waals surface area contributed by atoms with E-state index in [-0.39, 0.29) is 17.9 Å². The molecule has 5 nitrogen and oxygen atoms in total. The van der Waals surface area contributed by atoms with Crippen LogP contribution in [0.15, 0.2) is 24.3 Å². The number of hydrogen-bond acceptors (Lipinski definition) is 2. The maximum atomic E-state index is 12.8. The normalized spacial score (nSPS) is 16.0. The lowest BCUT2D eigenvalue weighted by molar-refractivity contribution is -0.904. The van der Waals surface area contributed by atoms with E-state index >= 15 is 0 Å². The summed E-state index contributed by atoms with van der Waals surface area (Å²) in [6, 6.07) is 7.83. The van der Waals surface area contributed by atoms with Gasteiger partial charge in [-0.1, -0.05) is 18.2 Å². The smallest absolute Gasteiger partial charge is 0.285 e. The Morgan fingerprint density at radius 3 is 2.73 bits per heavy atom. The number of carbonyl (C=O) groups is 2. The average Bonchev–Trinajstić information content (AvgIpc) is 2.95. The molecule has 1 heterocycles. The molecule has 0 fully saturated rings. The molecule has 2 atom stereocenters. The molecule has 120 valence electrons. The van der Waals surface area contributed by atoms with Crippen molar-refractivity contribution in [3.8, 4) is 0 Å². The molecule has 0 bridgehead atoms. The molecule has 2 N–H and O–H groups in total. The van der Waals surface area contributed by atoms with E-state index in [1.165, 1.54) is 5.56 Å². The lowest BCUT2D eigenvalue weighted by Crippen LogP contribution is -3.17. The molecule has 1 aromatic rings. The minimum atomic E-state index is -0.223. The summed E-state index contributed by atoms with van der Waals surface area (Å²) in [5.41, 5.74) is 2.25. The van der Waals surface area contributed by atoms with Crippen LogP contribution in [0.2, 0.25) is 0 Å². The van der Waals surface area contributed by atoms with Crippen LogP contribution in [0.3, 0.4) is 0 Å². The Balaban J connectivity index is 2.06. The Labute approximate surface area is 132 Å². The maximum Gasteiger partial charge on any atom is 0.285 e. The van der Waals surface area contributed by atoms with E-state index in [1.807, 2.05) is 43.9 Å². The number of quaternary nitrogens is 1. The van der Waals surface area contributed by atoms with Gasteiger partial charge in [0.15, 0.2) is 12.6 Å². The zero-order valence-electron chi connectivity index (χ0n) is 13.7. The number of fused-ring (bicyclic) bond motifs is 1. The van der Waals surface area contributed by atoms with Crippen molar-refractivity contribution in [1.82, 2.24) is 5.32 Å². The Morgan fingerprint density at radius 1 is 1.32 bits per heavy atom. The average molecular weight is 304 g/mol. The molecule has 1 aromatic carbocycles. The monoisotopic (exact) mass is 304 g/mol. The molecular formula is C17H26N3O2+. The summed E-state index contributed by atoms with van der Waals surface area (Å²) in [5.74, 6) is 0.104. The summed E-state index contributed by atoms with van der Waals surface area (Å²) >= 11 is 0. The minimum absolute atomic E-state index is 0.000761. The van der Waals surface area contributed by atoms with Gasteiger partial charge < -0.3 is 15.1 Å². The Morgan fingerprint density at radius 2 is 2.05 bits per heavy atom. The molecule has 0 saturated heterocycles. The van der Waals surface area contributed by atoms with Gasteiger partial charge in [-0.2, -0.15) is 0 Å². The van der Waals surface area contributed by atoms with Crippen LogP contribution in [0.5, 0.6) is 0 Å². The van der Waals surface area contributed by atoms with Crippen LogP contribution in [0, 0.1) is 0 Å². The number of rotatable bonds is 6. The van der Waals surface area contributed by atoms with Crippen molar-refractivity contribution >= 4 is 17.5 Å². The van der Waals surface area contributed by atoms with E-state index in [0.717, 1.165) is 30.1 Å². The molecule has 1 aliphatic heterocycles. The van der Waals surface area contributed by atoms with Crippen molar-refractivity contribution in [2.75, 3.05) is 31.1 Å². The highest BCUT2D eigenvalue weighted by atomic mass is 16.2. The first kappa shape index (κ1) is 16.5. The van der Waals surface area contributed by atoms with Crippen LogP contribution < -0.4 is 15.1 Å². The standard InChI is InChI=1S/C17H25N3O2/c1-4-18-16(21)12-19(5-2)13(3)17(22)20-11-10-14-8-6-7-9-15(14)20/h6-9,13H,4-5,10-12H2,1-3H3,(H,18,21)/p+1/t13-/m1/s1. The number of benzene rings is 1. The topological polar surface area (TPSA) is 53.9 Å². The van der Waals surface area contributed by atoms with Gasteiger partial charge in [0.1, 0.15) is 0 Å². The van der Waals surface area contributed by atoms with Gasteiger partial charge in [-0.15, -0.1) is 0 Å². The van der Waals surface area contributed by atoms with Crippen LogP contribution >= 0.6 is 0 Å².